The van der Waals surface area contributed by atoms with Crippen molar-refractivity contribution in [2.45, 2.75) is 33.3 Å². The molecule has 1 aliphatic rings. The van der Waals surface area contributed by atoms with E-state index >= 15 is 0 Å². The van der Waals surface area contributed by atoms with Crippen LogP contribution in [0.5, 0.6) is 0 Å². The second-order valence-electron chi connectivity index (χ2n) is 5.52. The molecule has 0 fully saturated rings. The number of aliphatic hydroxyl groups is 1. The van der Waals surface area contributed by atoms with Gasteiger partial charge in [0.25, 0.3) is 0 Å². The lowest BCUT2D eigenvalue weighted by molar-refractivity contribution is -0.115. The van der Waals surface area contributed by atoms with E-state index in [0.29, 0.717) is 17.0 Å². The summed E-state index contributed by atoms with van der Waals surface area (Å²) in [5.41, 5.74) is 1.99. The van der Waals surface area contributed by atoms with Crippen molar-refractivity contribution in [2.24, 2.45) is 5.41 Å². The maximum atomic E-state index is 11.4. The average molecular weight is 254 g/mol. The van der Waals surface area contributed by atoms with Gasteiger partial charge in [-0.1, -0.05) is 32.4 Å². The lowest BCUT2D eigenvalue weighted by Gasteiger charge is -2.27. The molecule has 1 heterocycles. The molecule has 2 rings (SSSR count). The van der Waals surface area contributed by atoms with Gasteiger partial charge in [-0.25, -0.2) is 0 Å². The molecule has 1 atom stereocenters. The van der Waals surface area contributed by atoms with Crippen molar-refractivity contribution in [1.29, 1.82) is 0 Å². The molecule has 0 bridgehead atoms. The smallest absolute Gasteiger partial charge is 0.228 e. The highest BCUT2D eigenvalue weighted by Crippen LogP contribution is 2.41. The second kappa shape index (κ2) is 4.00. The molecule has 0 aromatic heterocycles. The second-order valence-corrected chi connectivity index (χ2v) is 5.96. The van der Waals surface area contributed by atoms with E-state index in [1.165, 1.54) is 0 Å². The van der Waals surface area contributed by atoms with Crippen LogP contribution < -0.4 is 5.32 Å². The fourth-order valence-electron chi connectivity index (χ4n) is 2.02. The van der Waals surface area contributed by atoms with Gasteiger partial charge in [0, 0.05) is 10.6 Å². The van der Waals surface area contributed by atoms with Crippen LogP contribution in [0.25, 0.3) is 0 Å². The Hall–Kier alpha value is -1.06. The summed E-state index contributed by atoms with van der Waals surface area (Å²) in [5, 5.41) is 13.7. The van der Waals surface area contributed by atoms with Crippen molar-refractivity contribution in [3.8, 4) is 0 Å². The zero-order chi connectivity index (χ0) is 12.8. The largest absolute Gasteiger partial charge is 0.388 e. The molecule has 0 radical (unpaired) electrons. The summed E-state index contributed by atoms with van der Waals surface area (Å²) in [5.74, 6) is -0.0513. The van der Waals surface area contributed by atoms with Crippen molar-refractivity contribution < 1.29 is 9.90 Å². The molecule has 3 nitrogen and oxygen atoms in total. The van der Waals surface area contributed by atoms with Crippen LogP contribution in [0.1, 0.15) is 38.0 Å². The molecule has 1 aliphatic heterocycles. The van der Waals surface area contributed by atoms with Crippen LogP contribution in [0, 0.1) is 5.41 Å². The number of fused-ring (bicyclic) bond motifs is 1. The fraction of sp³-hybridized carbons (Fsp3) is 0.462. The maximum absolute atomic E-state index is 11.4. The van der Waals surface area contributed by atoms with Gasteiger partial charge in [-0.2, -0.15) is 0 Å². The number of nitrogens with one attached hydrogen (secondary N) is 1. The minimum absolute atomic E-state index is 0.0513. The summed E-state index contributed by atoms with van der Waals surface area (Å²) in [6.07, 6.45) is -0.326. The summed E-state index contributed by atoms with van der Waals surface area (Å²) >= 11 is 6.02. The van der Waals surface area contributed by atoms with Crippen molar-refractivity contribution in [2.75, 3.05) is 5.32 Å². The number of carbonyl (C=O) groups is 1. The summed E-state index contributed by atoms with van der Waals surface area (Å²) in [6, 6.07) is 3.50. The van der Waals surface area contributed by atoms with E-state index in [9.17, 15) is 9.90 Å². The molecule has 0 saturated carbocycles. The molecule has 92 valence electrons. The monoisotopic (exact) mass is 253 g/mol. The molecule has 17 heavy (non-hydrogen) atoms. The highest BCUT2D eigenvalue weighted by Gasteiger charge is 2.30. The quantitative estimate of drug-likeness (QED) is 0.809. The Kier molecular flexibility index (Phi) is 2.92. The van der Waals surface area contributed by atoms with Crippen LogP contribution in [0.4, 0.5) is 5.69 Å². The highest BCUT2D eigenvalue weighted by atomic mass is 35.5. The molecular weight excluding hydrogens is 238 g/mol. The van der Waals surface area contributed by atoms with Gasteiger partial charge >= 0.3 is 0 Å². The molecule has 4 heteroatoms. The topological polar surface area (TPSA) is 49.3 Å². The van der Waals surface area contributed by atoms with Crippen LogP contribution in [0.2, 0.25) is 5.02 Å². The first-order chi connectivity index (χ1) is 7.79. The molecule has 0 saturated heterocycles. The van der Waals surface area contributed by atoms with Gasteiger partial charge in [0.1, 0.15) is 0 Å². The first-order valence-corrected chi connectivity index (χ1v) is 5.97. The van der Waals surface area contributed by atoms with Gasteiger partial charge in [-0.3, -0.25) is 4.79 Å². The zero-order valence-corrected chi connectivity index (χ0v) is 10.9. The van der Waals surface area contributed by atoms with E-state index in [1.807, 2.05) is 20.8 Å². The number of hydrogen-bond acceptors (Lipinski definition) is 2. The Bertz CT molecular complexity index is 477. The molecule has 1 aromatic carbocycles. The van der Waals surface area contributed by atoms with Crippen molar-refractivity contribution >= 4 is 23.2 Å². The molecule has 2 N–H and O–H groups in total. The zero-order valence-electron chi connectivity index (χ0n) is 10.2. The number of anilines is 1. The van der Waals surface area contributed by atoms with Gasteiger partial charge in [-0.15, -0.1) is 0 Å². The van der Waals surface area contributed by atoms with Crippen LogP contribution in [-0.4, -0.2) is 11.0 Å². The summed E-state index contributed by atoms with van der Waals surface area (Å²) in [4.78, 5) is 11.4. The van der Waals surface area contributed by atoms with Gasteiger partial charge in [-0.05, 0) is 23.1 Å². The fourth-order valence-corrected chi connectivity index (χ4v) is 2.27. The van der Waals surface area contributed by atoms with E-state index < -0.39 is 6.10 Å². The summed E-state index contributed by atoms with van der Waals surface area (Å²) in [7, 11) is 0. The van der Waals surface area contributed by atoms with Crippen molar-refractivity contribution in [3.63, 3.8) is 0 Å². The number of hydrogen-bond donors (Lipinski definition) is 2. The minimum Gasteiger partial charge on any atom is -0.388 e. The summed E-state index contributed by atoms with van der Waals surface area (Å²) < 4.78 is 0. The van der Waals surface area contributed by atoms with Gasteiger partial charge in [0.15, 0.2) is 0 Å². The molecule has 0 aliphatic carbocycles. The predicted molar refractivity (Wildman–Crippen MR) is 68.2 cm³/mol. The third kappa shape index (κ3) is 2.31. The average Bonchev–Trinajstić information content (AvgIpc) is 2.54. The van der Waals surface area contributed by atoms with Crippen LogP contribution in [0.15, 0.2) is 12.1 Å². The highest BCUT2D eigenvalue weighted by molar-refractivity contribution is 6.31. The standard InChI is InChI=1S/C13H16ClNO2/c1-13(2,3)12(17)9-6-8(14)4-7-5-10(16)15-11(7)9/h4,6,12,17H,5H2,1-3H3,(H,15,16). The molecule has 1 unspecified atom stereocenters. The minimum atomic E-state index is -0.659. The van der Waals surface area contributed by atoms with Crippen molar-refractivity contribution in [1.82, 2.24) is 0 Å². The van der Waals surface area contributed by atoms with Gasteiger partial charge in [0.05, 0.1) is 18.2 Å². The Morgan fingerprint density at radius 2 is 2.06 bits per heavy atom. The first-order valence-electron chi connectivity index (χ1n) is 5.59. The first kappa shape index (κ1) is 12.4. The Morgan fingerprint density at radius 3 is 2.65 bits per heavy atom. The summed E-state index contributed by atoms with van der Waals surface area (Å²) in [6.45, 7) is 5.84. The third-order valence-corrected chi connectivity index (χ3v) is 3.16. The molecule has 0 spiro atoms. The van der Waals surface area contributed by atoms with Crippen molar-refractivity contribution in [3.05, 3.63) is 28.3 Å². The van der Waals surface area contributed by atoms with E-state index in [2.05, 4.69) is 5.32 Å². The Balaban J connectivity index is 2.52. The third-order valence-electron chi connectivity index (χ3n) is 2.95. The number of amides is 1. The number of rotatable bonds is 1. The number of aliphatic hydroxyl groups excluding tert-OH is 1. The van der Waals surface area contributed by atoms with E-state index in [-0.39, 0.29) is 11.3 Å². The Labute approximate surface area is 106 Å². The van der Waals surface area contributed by atoms with E-state index in [0.717, 1.165) is 11.3 Å². The normalized spacial score (nSPS) is 16.6. The number of halogens is 1. The molecule has 1 amide bonds. The maximum Gasteiger partial charge on any atom is 0.228 e. The lowest BCUT2D eigenvalue weighted by Crippen LogP contribution is -2.19. The van der Waals surface area contributed by atoms with Gasteiger partial charge < -0.3 is 10.4 Å². The van der Waals surface area contributed by atoms with Crippen LogP contribution >= 0.6 is 11.6 Å². The molecular formula is C13H16ClNO2. The number of benzene rings is 1. The van der Waals surface area contributed by atoms with Gasteiger partial charge in [0.2, 0.25) is 5.91 Å². The van der Waals surface area contributed by atoms with Crippen LogP contribution in [-0.2, 0) is 11.2 Å². The van der Waals surface area contributed by atoms with Crippen LogP contribution in [0.3, 0.4) is 0 Å². The predicted octanol–water partition coefficient (Wildman–Crippen LogP) is 2.91. The molecule has 1 aromatic rings. The Morgan fingerprint density at radius 1 is 1.41 bits per heavy atom. The number of carbonyl (C=O) groups excluding carboxylic acids is 1. The SMILES string of the molecule is CC(C)(C)C(O)c1cc(Cl)cc2c1NC(=O)C2. The lowest BCUT2D eigenvalue weighted by atomic mass is 9.83. The van der Waals surface area contributed by atoms with E-state index in [4.69, 9.17) is 11.6 Å². The van der Waals surface area contributed by atoms with E-state index in [1.54, 1.807) is 12.1 Å².